The molecule has 2 aliphatic heterocycles. The minimum absolute atomic E-state index is 0.249. The van der Waals surface area contributed by atoms with Crippen LogP contribution in [0.3, 0.4) is 0 Å². The minimum Gasteiger partial charge on any atom is -0.373 e. The van der Waals surface area contributed by atoms with Gasteiger partial charge in [0.05, 0.1) is 18.8 Å². The molecule has 2 unspecified atom stereocenters. The lowest BCUT2D eigenvalue weighted by molar-refractivity contribution is -0.0502. The number of morpholine rings is 1. The third-order valence-corrected chi connectivity index (χ3v) is 6.10. The van der Waals surface area contributed by atoms with Crippen LogP contribution in [0.25, 0.3) is 0 Å². The van der Waals surface area contributed by atoms with Gasteiger partial charge in [-0.25, -0.2) is 4.98 Å². The maximum Gasteiger partial charge on any atom is 0.194 e. The summed E-state index contributed by atoms with van der Waals surface area (Å²) in [6.45, 7) is 9.39. The molecule has 0 amide bonds. The van der Waals surface area contributed by atoms with Gasteiger partial charge in [-0.1, -0.05) is 36.4 Å². The fourth-order valence-electron chi connectivity index (χ4n) is 4.48. The van der Waals surface area contributed by atoms with E-state index < -0.39 is 0 Å². The molecule has 3 heterocycles. The Morgan fingerprint density at radius 1 is 1.12 bits per heavy atom. The molecule has 2 fully saturated rings. The molecule has 4 rings (SSSR count). The Morgan fingerprint density at radius 3 is 2.81 bits per heavy atom. The van der Waals surface area contributed by atoms with E-state index in [0.717, 1.165) is 77.0 Å². The van der Waals surface area contributed by atoms with Crippen molar-refractivity contribution in [3.05, 3.63) is 60.3 Å². The van der Waals surface area contributed by atoms with Gasteiger partial charge in [0.15, 0.2) is 5.96 Å². The van der Waals surface area contributed by atoms with Gasteiger partial charge in [0, 0.05) is 52.0 Å². The van der Waals surface area contributed by atoms with Gasteiger partial charge in [0.1, 0.15) is 5.82 Å². The molecule has 7 nitrogen and oxygen atoms in total. The molecule has 0 saturated carbocycles. The van der Waals surface area contributed by atoms with Crippen molar-refractivity contribution < 1.29 is 4.74 Å². The molecule has 1 aromatic carbocycles. The number of aromatic nitrogens is 1. The number of anilines is 1. The number of guanidine groups is 1. The molecular formula is C25H36N6O. The molecule has 2 N–H and O–H groups in total. The number of hydrogen-bond acceptors (Lipinski definition) is 5. The molecular weight excluding hydrogens is 400 g/mol. The Morgan fingerprint density at radius 2 is 2.00 bits per heavy atom. The summed E-state index contributed by atoms with van der Waals surface area (Å²) < 4.78 is 6.15. The number of nitrogens with zero attached hydrogens (tertiary/aromatic N) is 4. The summed E-state index contributed by atoms with van der Waals surface area (Å²) in [6.07, 6.45) is 4.18. The van der Waals surface area contributed by atoms with Crippen molar-refractivity contribution in [3.63, 3.8) is 0 Å². The number of unbranched alkanes of at least 4 members (excludes halogenated alkanes) is 1. The number of fused-ring (bicyclic) bond motifs is 1. The first-order chi connectivity index (χ1) is 15.8. The largest absolute Gasteiger partial charge is 0.373 e. The lowest BCUT2D eigenvalue weighted by Crippen LogP contribution is -2.50. The molecule has 0 aliphatic carbocycles. The van der Waals surface area contributed by atoms with Crippen LogP contribution >= 0.6 is 0 Å². The second-order valence-electron chi connectivity index (χ2n) is 8.42. The van der Waals surface area contributed by atoms with Crippen molar-refractivity contribution in [2.24, 2.45) is 4.99 Å². The molecule has 0 radical (unpaired) electrons. The third kappa shape index (κ3) is 6.20. The molecule has 7 heteroatoms. The van der Waals surface area contributed by atoms with Crippen LogP contribution in [0.1, 0.15) is 25.3 Å². The third-order valence-electron chi connectivity index (χ3n) is 6.10. The fraction of sp³-hybridized carbons (Fsp3) is 0.520. The van der Waals surface area contributed by atoms with E-state index in [4.69, 9.17) is 9.73 Å². The average molecular weight is 437 g/mol. The van der Waals surface area contributed by atoms with Gasteiger partial charge < -0.3 is 20.3 Å². The Kier molecular flexibility index (Phi) is 8.34. The second-order valence-corrected chi connectivity index (χ2v) is 8.42. The highest BCUT2D eigenvalue weighted by molar-refractivity contribution is 5.80. The standard InChI is InChI=1S/C25H36N6O/c1-2-26-25(29-15-9-8-14-28-24-12-6-7-13-27-24)31-19-22-23(20-31)32-17-16-30(22)18-21-10-4-3-5-11-21/h3-7,10-13,22-23H,2,8-9,14-20H2,1H3,(H,26,29)(H,27,28). The predicted molar refractivity (Wildman–Crippen MR) is 130 cm³/mol. The van der Waals surface area contributed by atoms with Gasteiger partial charge in [-0.3, -0.25) is 9.89 Å². The number of nitrogens with one attached hydrogen (secondary N) is 2. The number of rotatable bonds is 9. The number of pyridine rings is 1. The molecule has 2 aliphatic rings. The number of aliphatic imine (C=N–C) groups is 1. The van der Waals surface area contributed by atoms with E-state index in [0.29, 0.717) is 6.04 Å². The van der Waals surface area contributed by atoms with Crippen molar-refractivity contribution in [3.8, 4) is 0 Å². The topological polar surface area (TPSA) is 65.0 Å². The quantitative estimate of drug-likeness (QED) is 0.358. The molecule has 0 spiro atoms. The van der Waals surface area contributed by atoms with Crippen LogP contribution in [0, 0.1) is 0 Å². The van der Waals surface area contributed by atoms with E-state index >= 15 is 0 Å². The first kappa shape index (κ1) is 22.6. The van der Waals surface area contributed by atoms with Gasteiger partial charge in [-0.05, 0) is 37.5 Å². The van der Waals surface area contributed by atoms with Crippen LogP contribution in [-0.2, 0) is 11.3 Å². The van der Waals surface area contributed by atoms with Crippen molar-refractivity contribution in [1.29, 1.82) is 0 Å². The summed E-state index contributed by atoms with van der Waals surface area (Å²) in [4.78, 5) is 14.2. The Labute approximate surface area is 191 Å². The summed E-state index contributed by atoms with van der Waals surface area (Å²) >= 11 is 0. The molecule has 1 aromatic heterocycles. The normalized spacial score (nSPS) is 21.4. The van der Waals surface area contributed by atoms with Gasteiger partial charge in [-0.2, -0.15) is 0 Å². The Bertz CT molecular complexity index is 831. The molecule has 2 aromatic rings. The van der Waals surface area contributed by atoms with Crippen molar-refractivity contribution in [2.45, 2.75) is 38.5 Å². The van der Waals surface area contributed by atoms with E-state index in [2.05, 4.69) is 62.7 Å². The summed E-state index contributed by atoms with van der Waals surface area (Å²) in [5, 5.41) is 6.86. The van der Waals surface area contributed by atoms with Crippen LogP contribution < -0.4 is 10.6 Å². The predicted octanol–water partition coefficient (Wildman–Crippen LogP) is 2.82. The van der Waals surface area contributed by atoms with Crippen LogP contribution in [0.15, 0.2) is 59.7 Å². The van der Waals surface area contributed by atoms with E-state index in [1.807, 2.05) is 24.4 Å². The molecule has 172 valence electrons. The van der Waals surface area contributed by atoms with E-state index in [-0.39, 0.29) is 6.10 Å². The molecule has 2 saturated heterocycles. The summed E-state index contributed by atoms with van der Waals surface area (Å²) in [5.74, 6) is 1.95. The molecule has 2 atom stereocenters. The Balaban J connectivity index is 1.27. The average Bonchev–Trinajstić information content (AvgIpc) is 3.27. The number of hydrogen-bond donors (Lipinski definition) is 2. The van der Waals surface area contributed by atoms with Crippen molar-refractivity contribution in [2.75, 3.05) is 51.2 Å². The van der Waals surface area contributed by atoms with Crippen LogP contribution in [0.4, 0.5) is 5.82 Å². The maximum atomic E-state index is 6.15. The van der Waals surface area contributed by atoms with Crippen LogP contribution in [0.2, 0.25) is 0 Å². The number of likely N-dealkylation sites (tertiary alicyclic amines) is 1. The Hall–Kier alpha value is -2.64. The van der Waals surface area contributed by atoms with Crippen molar-refractivity contribution >= 4 is 11.8 Å². The lowest BCUT2D eigenvalue weighted by Gasteiger charge is -2.36. The zero-order valence-electron chi connectivity index (χ0n) is 19.1. The first-order valence-electron chi connectivity index (χ1n) is 11.9. The highest BCUT2D eigenvalue weighted by Crippen LogP contribution is 2.24. The van der Waals surface area contributed by atoms with E-state index in [1.54, 1.807) is 0 Å². The smallest absolute Gasteiger partial charge is 0.194 e. The van der Waals surface area contributed by atoms with Gasteiger partial charge >= 0.3 is 0 Å². The van der Waals surface area contributed by atoms with Crippen molar-refractivity contribution in [1.82, 2.24) is 20.1 Å². The van der Waals surface area contributed by atoms with Gasteiger partial charge in [-0.15, -0.1) is 0 Å². The zero-order chi connectivity index (χ0) is 22.0. The summed E-state index contributed by atoms with van der Waals surface area (Å²) in [6, 6.07) is 17.1. The molecule has 0 bridgehead atoms. The maximum absolute atomic E-state index is 6.15. The van der Waals surface area contributed by atoms with Gasteiger partial charge in [0.2, 0.25) is 0 Å². The summed E-state index contributed by atoms with van der Waals surface area (Å²) in [5.41, 5.74) is 1.37. The van der Waals surface area contributed by atoms with E-state index in [1.165, 1.54) is 5.56 Å². The van der Waals surface area contributed by atoms with Crippen LogP contribution in [-0.4, -0.2) is 78.8 Å². The van der Waals surface area contributed by atoms with E-state index in [9.17, 15) is 0 Å². The zero-order valence-corrected chi connectivity index (χ0v) is 19.1. The first-order valence-corrected chi connectivity index (χ1v) is 11.9. The van der Waals surface area contributed by atoms with Gasteiger partial charge in [0.25, 0.3) is 0 Å². The number of ether oxygens (including phenoxy) is 1. The second kappa shape index (κ2) is 11.8. The highest BCUT2D eigenvalue weighted by Gasteiger charge is 2.41. The molecule has 32 heavy (non-hydrogen) atoms. The van der Waals surface area contributed by atoms with Crippen LogP contribution in [0.5, 0.6) is 0 Å². The lowest BCUT2D eigenvalue weighted by atomic mass is 10.1. The fourth-order valence-corrected chi connectivity index (χ4v) is 4.48. The number of benzene rings is 1. The monoisotopic (exact) mass is 436 g/mol. The minimum atomic E-state index is 0.249. The highest BCUT2D eigenvalue weighted by atomic mass is 16.5. The summed E-state index contributed by atoms with van der Waals surface area (Å²) in [7, 11) is 0. The SMILES string of the molecule is CCNC(=NCCCCNc1ccccn1)N1CC2OCCN(Cc3ccccc3)C2C1.